The minimum atomic E-state index is -0.896. The molecule has 0 heterocycles. The second kappa shape index (κ2) is 2.95. The predicted octanol–water partition coefficient (Wildman–Crippen LogP) is -2.14. The van der Waals surface area contributed by atoms with E-state index >= 15 is 0 Å². The van der Waals surface area contributed by atoms with Gasteiger partial charge in [0, 0.05) is 0 Å². The minimum absolute atomic E-state index is 0.331. The Morgan fingerprint density at radius 2 is 1.75 bits per heavy atom. The average molecular weight is 168 g/mol. The molecule has 0 unspecified atom stereocenters. The van der Waals surface area contributed by atoms with E-state index in [2.05, 4.69) is 10.3 Å². The maximum absolute atomic E-state index is 10.9. The van der Waals surface area contributed by atoms with Crippen molar-refractivity contribution >= 4 is 0 Å². The van der Waals surface area contributed by atoms with E-state index in [9.17, 15) is 9.59 Å². The van der Waals surface area contributed by atoms with Crippen molar-refractivity contribution in [3.05, 3.63) is 43.3 Å². The van der Waals surface area contributed by atoms with Crippen LogP contribution in [0.1, 0.15) is 0 Å². The van der Waals surface area contributed by atoms with Gasteiger partial charge in [0.1, 0.15) is 0 Å². The first-order valence-electron chi connectivity index (χ1n) is 2.92. The summed E-state index contributed by atoms with van der Waals surface area (Å²) in [7, 11) is 0. The van der Waals surface area contributed by atoms with Crippen molar-refractivity contribution in [2.75, 3.05) is 0 Å². The number of rotatable bonds is 0. The summed E-state index contributed by atoms with van der Waals surface area (Å²) < 4.78 is 0. The molecule has 1 rings (SSSR count). The Kier molecular flexibility index (Phi) is 2.00. The van der Waals surface area contributed by atoms with Crippen molar-refractivity contribution in [1.29, 1.82) is 0 Å². The fourth-order valence-electron chi connectivity index (χ4n) is 0.716. The van der Waals surface area contributed by atoms with E-state index in [4.69, 9.17) is 10.4 Å². The standard InChI is InChI=1S/C6H4N2O4/c9-4-2-1-3(7-11)6(10)5(4)8-12/h1-2,11-12H/b7-3-,8-5+. The van der Waals surface area contributed by atoms with E-state index in [1.165, 1.54) is 0 Å². The molecule has 0 fully saturated rings. The molecular weight excluding hydrogens is 164 g/mol. The highest BCUT2D eigenvalue weighted by Gasteiger charge is 1.99. The van der Waals surface area contributed by atoms with Gasteiger partial charge in [-0.3, -0.25) is 9.59 Å². The van der Waals surface area contributed by atoms with Crippen LogP contribution >= 0.6 is 0 Å². The van der Waals surface area contributed by atoms with E-state index in [0.717, 1.165) is 12.1 Å². The molecule has 2 N–H and O–H groups in total. The summed E-state index contributed by atoms with van der Waals surface area (Å²) in [5, 5.41) is 20.6. The van der Waals surface area contributed by atoms with Gasteiger partial charge in [0.2, 0.25) is 10.9 Å². The van der Waals surface area contributed by atoms with E-state index in [1.54, 1.807) is 0 Å². The van der Waals surface area contributed by atoms with E-state index in [1.807, 2.05) is 0 Å². The molecule has 0 radical (unpaired) electrons. The molecule has 0 aromatic heterocycles. The van der Waals surface area contributed by atoms with Crippen molar-refractivity contribution in [1.82, 2.24) is 0 Å². The Morgan fingerprint density at radius 3 is 2.25 bits per heavy atom. The molecule has 1 aromatic carbocycles. The zero-order valence-corrected chi connectivity index (χ0v) is 5.76. The largest absolute Gasteiger partial charge is 0.410 e. The highest BCUT2D eigenvalue weighted by Crippen LogP contribution is 1.54. The Balaban J connectivity index is 3.96. The van der Waals surface area contributed by atoms with Crippen molar-refractivity contribution in [3.8, 4) is 0 Å². The van der Waals surface area contributed by atoms with E-state index in [0.29, 0.717) is 0 Å². The van der Waals surface area contributed by atoms with Gasteiger partial charge in [0.15, 0.2) is 10.7 Å². The molecular formula is C6H4N2O4. The van der Waals surface area contributed by atoms with Crippen molar-refractivity contribution in [2.24, 2.45) is 10.3 Å². The monoisotopic (exact) mass is 168 g/mol. The zero-order chi connectivity index (χ0) is 9.14. The average Bonchev–Trinajstić information content (AvgIpc) is 2.06. The Morgan fingerprint density at radius 1 is 1.08 bits per heavy atom. The number of benzene rings is 1. The molecule has 6 nitrogen and oxygen atoms in total. The van der Waals surface area contributed by atoms with Gasteiger partial charge >= 0.3 is 0 Å². The molecule has 0 aliphatic carbocycles. The summed E-state index contributed by atoms with van der Waals surface area (Å²) in [5.41, 5.74) is -1.61. The summed E-state index contributed by atoms with van der Waals surface area (Å²) >= 11 is 0. The predicted molar refractivity (Wildman–Crippen MR) is 36.1 cm³/mol. The van der Waals surface area contributed by atoms with E-state index in [-0.39, 0.29) is 5.36 Å². The fourth-order valence-corrected chi connectivity index (χ4v) is 0.716. The molecule has 0 spiro atoms. The summed E-state index contributed by atoms with van der Waals surface area (Å²) in [5.74, 6) is 0. The van der Waals surface area contributed by atoms with Gasteiger partial charge < -0.3 is 10.4 Å². The molecule has 1 aromatic rings. The smallest absolute Gasteiger partial charge is 0.240 e. The summed E-state index contributed by atoms with van der Waals surface area (Å²) in [6.07, 6.45) is 0. The highest BCUT2D eigenvalue weighted by atomic mass is 16.4. The van der Waals surface area contributed by atoms with Crippen LogP contribution in [-0.2, 0) is 0 Å². The van der Waals surface area contributed by atoms with Crippen LogP contribution in [0.3, 0.4) is 0 Å². The van der Waals surface area contributed by atoms with Gasteiger partial charge in [0.25, 0.3) is 0 Å². The van der Waals surface area contributed by atoms with Gasteiger partial charge in [0.05, 0.1) is 0 Å². The van der Waals surface area contributed by atoms with Crippen LogP contribution in [0.4, 0.5) is 0 Å². The first-order valence-corrected chi connectivity index (χ1v) is 2.92. The lowest BCUT2D eigenvalue weighted by atomic mass is 10.3. The van der Waals surface area contributed by atoms with Crippen LogP contribution in [0, 0.1) is 0 Å². The van der Waals surface area contributed by atoms with Crippen molar-refractivity contribution in [3.63, 3.8) is 0 Å². The minimum Gasteiger partial charge on any atom is -0.410 e. The lowest BCUT2D eigenvalue weighted by Crippen LogP contribution is -2.47. The van der Waals surface area contributed by atoms with Gasteiger partial charge in [-0.25, -0.2) is 0 Å². The number of hydrogen-bond donors (Lipinski definition) is 2. The molecule has 0 aliphatic heterocycles. The maximum Gasteiger partial charge on any atom is 0.240 e. The molecule has 0 saturated carbocycles. The Hall–Kier alpha value is -1.98. The molecule has 0 bridgehead atoms. The van der Waals surface area contributed by atoms with Crippen LogP contribution in [0.2, 0.25) is 0 Å². The number of hydrogen-bond acceptors (Lipinski definition) is 6. The SMILES string of the molecule is O=c1cc/c(=N/O)c(=O)/c1=N/O. The Bertz CT molecular complexity index is 496. The van der Waals surface area contributed by atoms with Gasteiger partial charge in [-0.2, -0.15) is 0 Å². The summed E-state index contributed by atoms with van der Waals surface area (Å²) in [6, 6.07) is 2.02. The maximum atomic E-state index is 10.9. The van der Waals surface area contributed by atoms with Gasteiger partial charge in [-0.1, -0.05) is 10.3 Å². The zero-order valence-electron chi connectivity index (χ0n) is 5.76. The third-order valence-electron chi connectivity index (χ3n) is 1.28. The normalized spacial score (nSPS) is 13.7. The summed E-state index contributed by atoms with van der Waals surface area (Å²) in [6.45, 7) is 0. The topological polar surface area (TPSA) is 99.3 Å². The molecule has 6 heteroatoms. The van der Waals surface area contributed by atoms with Gasteiger partial charge in [-0.15, -0.1) is 0 Å². The first kappa shape index (κ1) is 8.12. The fraction of sp³-hybridized carbons (Fsp3) is 0. The highest BCUT2D eigenvalue weighted by molar-refractivity contribution is 5.01. The summed E-state index contributed by atoms with van der Waals surface area (Å²) in [4.78, 5) is 21.7. The third-order valence-corrected chi connectivity index (χ3v) is 1.28. The first-order chi connectivity index (χ1) is 5.70. The van der Waals surface area contributed by atoms with Crippen LogP contribution < -0.4 is 21.6 Å². The second-order valence-corrected chi connectivity index (χ2v) is 1.96. The van der Waals surface area contributed by atoms with Crippen molar-refractivity contribution in [2.45, 2.75) is 0 Å². The molecule has 0 aliphatic rings. The van der Waals surface area contributed by atoms with Gasteiger partial charge in [-0.05, 0) is 12.1 Å². The van der Waals surface area contributed by atoms with Crippen LogP contribution in [-0.4, -0.2) is 10.4 Å². The molecule has 0 atom stereocenters. The molecule has 12 heavy (non-hydrogen) atoms. The molecule has 0 amide bonds. The lowest BCUT2D eigenvalue weighted by Gasteiger charge is -1.79. The second-order valence-electron chi connectivity index (χ2n) is 1.96. The van der Waals surface area contributed by atoms with Crippen molar-refractivity contribution < 1.29 is 10.4 Å². The lowest BCUT2D eigenvalue weighted by molar-refractivity contribution is 0.295. The van der Waals surface area contributed by atoms with E-state index < -0.39 is 16.2 Å². The number of nitrogens with zero attached hydrogens (tertiary/aromatic N) is 2. The molecule has 0 saturated heterocycles. The van der Waals surface area contributed by atoms with Crippen LogP contribution in [0.15, 0.2) is 32.0 Å². The molecule has 62 valence electrons. The third kappa shape index (κ3) is 1.09. The Labute approximate surface area is 65.0 Å². The van der Waals surface area contributed by atoms with Crippen LogP contribution in [0.5, 0.6) is 0 Å². The quantitative estimate of drug-likeness (QED) is 0.341. The van der Waals surface area contributed by atoms with Crippen LogP contribution in [0.25, 0.3) is 0 Å².